The molecule has 1 amide bonds. The van der Waals surface area contributed by atoms with Gasteiger partial charge in [0.2, 0.25) is 5.91 Å². The molecule has 0 spiro atoms. The van der Waals surface area contributed by atoms with Gasteiger partial charge in [0.05, 0.1) is 20.9 Å². The Kier molecular flexibility index (Phi) is 4.01. The molecule has 1 aromatic carbocycles. The van der Waals surface area contributed by atoms with E-state index in [1.165, 1.54) is 40.1 Å². The average Bonchev–Trinajstić information content (AvgIpc) is 2.77. The maximum atomic E-state index is 11.5. The van der Waals surface area contributed by atoms with Crippen LogP contribution in [0.2, 0.25) is 0 Å². The van der Waals surface area contributed by atoms with Crippen molar-refractivity contribution in [3.05, 3.63) is 28.3 Å². The van der Waals surface area contributed by atoms with Crippen LogP contribution in [-0.2, 0) is 4.79 Å². The molecule has 19 heavy (non-hydrogen) atoms. The number of nitrogens with zero attached hydrogens (tertiary/aromatic N) is 3. The molecule has 0 fully saturated rings. The smallest absolute Gasteiger partial charge is 0.270 e. The number of hydrogen-bond acceptors (Lipinski definition) is 6. The summed E-state index contributed by atoms with van der Waals surface area (Å²) in [5.41, 5.74) is 0.771. The van der Waals surface area contributed by atoms with Gasteiger partial charge < -0.3 is 4.90 Å². The molecule has 0 saturated heterocycles. The van der Waals surface area contributed by atoms with E-state index in [1.54, 1.807) is 20.2 Å². The first kappa shape index (κ1) is 13.8. The Hall–Kier alpha value is -1.67. The maximum Gasteiger partial charge on any atom is 0.270 e. The van der Waals surface area contributed by atoms with Crippen LogP contribution < -0.4 is 0 Å². The van der Waals surface area contributed by atoms with Crippen molar-refractivity contribution in [3.8, 4) is 0 Å². The van der Waals surface area contributed by atoms with Gasteiger partial charge in [-0.05, 0) is 6.07 Å². The van der Waals surface area contributed by atoms with E-state index in [-0.39, 0.29) is 11.6 Å². The first-order valence-corrected chi connectivity index (χ1v) is 7.15. The number of thioether (sulfide) groups is 1. The number of nitro groups is 1. The number of carbonyl (C=O) groups is 1. The Balaban J connectivity index is 2.17. The summed E-state index contributed by atoms with van der Waals surface area (Å²) >= 11 is 2.70. The standard InChI is InChI=1S/C11H11N3O3S2/c1-13(2)10(15)6-18-11-12-8-4-3-7(14(16)17)5-9(8)19-11/h3-5H,6H2,1-2H3. The van der Waals surface area contributed by atoms with Crippen LogP contribution in [0.25, 0.3) is 10.2 Å². The van der Waals surface area contributed by atoms with Crippen molar-refractivity contribution in [3.63, 3.8) is 0 Å². The number of thiazole rings is 1. The highest BCUT2D eigenvalue weighted by molar-refractivity contribution is 8.01. The Morgan fingerprint density at radius 1 is 1.53 bits per heavy atom. The molecule has 0 N–H and O–H groups in total. The van der Waals surface area contributed by atoms with E-state index in [1.807, 2.05) is 0 Å². The summed E-state index contributed by atoms with van der Waals surface area (Å²) in [4.78, 5) is 27.6. The Bertz CT molecular complexity index is 639. The molecule has 0 atom stereocenters. The molecular formula is C11H11N3O3S2. The van der Waals surface area contributed by atoms with Crippen molar-refractivity contribution in [2.45, 2.75) is 4.34 Å². The zero-order chi connectivity index (χ0) is 14.0. The molecule has 0 radical (unpaired) electrons. The lowest BCUT2D eigenvalue weighted by Crippen LogP contribution is -2.23. The normalized spacial score (nSPS) is 10.6. The van der Waals surface area contributed by atoms with Gasteiger partial charge in [0.25, 0.3) is 5.69 Å². The van der Waals surface area contributed by atoms with Crippen LogP contribution in [0.4, 0.5) is 5.69 Å². The monoisotopic (exact) mass is 297 g/mol. The predicted octanol–water partition coefficient (Wildman–Crippen LogP) is 2.38. The SMILES string of the molecule is CN(C)C(=O)CSc1nc2ccc([N+](=O)[O-])cc2s1. The number of carbonyl (C=O) groups excluding carboxylic acids is 1. The quantitative estimate of drug-likeness (QED) is 0.492. The third kappa shape index (κ3) is 3.21. The van der Waals surface area contributed by atoms with Crippen molar-refractivity contribution in [2.75, 3.05) is 19.8 Å². The molecular weight excluding hydrogens is 286 g/mol. The highest BCUT2D eigenvalue weighted by atomic mass is 32.2. The van der Waals surface area contributed by atoms with E-state index in [9.17, 15) is 14.9 Å². The highest BCUT2D eigenvalue weighted by Crippen LogP contribution is 2.31. The minimum Gasteiger partial charge on any atom is -0.348 e. The van der Waals surface area contributed by atoms with E-state index >= 15 is 0 Å². The van der Waals surface area contributed by atoms with E-state index < -0.39 is 4.92 Å². The zero-order valence-electron chi connectivity index (χ0n) is 10.3. The highest BCUT2D eigenvalue weighted by Gasteiger charge is 2.12. The van der Waals surface area contributed by atoms with Crippen LogP contribution in [0.3, 0.4) is 0 Å². The van der Waals surface area contributed by atoms with Gasteiger partial charge in [-0.3, -0.25) is 14.9 Å². The van der Waals surface area contributed by atoms with Crippen molar-refractivity contribution < 1.29 is 9.72 Å². The fraction of sp³-hybridized carbons (Fsp3) is 0.273. The lowest BCUT2D eigenvalue weighted by Gasteiger charge is -2.07. The van der Waals surface area contributed by atoms with Crippen molar-refractivity contribution in [2.24, 2.45) is 0 Å². The fourth-order valence-electron chi connectivity index (χ4n) is 1.32. The molecule has 100 valence electrons. The molecule has 0 aliphatic carbocycles. The number of non-ortho nitro benzene ring substituents is 1. The number of fused-ring (bicyclic) bond motifs is 1. The molecule has 0 aliphatic rings. The third-order valence-corrected chi connectivity index (χ3v) is 4.53. The number of nitro benzene ring substituents is 1. The van der Waals surface area contributed by atoms with Gasteiger partial charge in [-0.2, -0.15) is 0 Å². The van der Waals surface area contributed by atoms with Gasteiger partial charge in [0.1, 0.15) is 0 Å². The molecule has 0 bridgehead atoms. The summed E-state index contributed by atoms with van der Waals surface area (Å²) < 4.78 is 1.50. The Labute approximate surface area is 117 Å². The topological polar surface area (TPSA) is 76.3 Å². The second-order valence-corrected chi connectivity index (χ2v) is 6.22. The van der Waals surface area contributed by atoms with E-state index in [2.05, 4.69) is 4.98 Å². The first-order valence-electron chi connectivity index (χ1n) is 5.35. The second kappa shape index (κ2) is 5.54. The summed E-state index contributed by atoms with van der Waals surface area (Å²) in [6.07, 6.45) is 0. The van der Waals surface area contributed by atoms with Gasteiger partial charge >= 0.3 is 0 Å². The van der Waals surface area contributed by atoms with Gasteiger partial charge in [0.15, 0.2) is 4.34 Å². The van der Waals surface area contributed by atoms with Crippen LogP contribution in [0, 0.1) is 10.1 Å². The number of rotatable bonds is 4. The van der Waals surface area contributed by atoms with E-state index in [0.717, 1.165) is 14.6 Å². The molecule has 2 aromatic rings. The summed E-state index contributed by atoms with van der Waals surface area (Å²) in [5.74, 6) is 0.324. The Morgan fingerprint density at radius 3 is 2.89 bits per heavy atom. The number of aromatic nitrogens is 1. The molecule has 0 saturated carbocycles. The van der Waals surface area contributed by atoms with Gasteiger partial charge in [0, 0.05) is 26.2 Å². The van der Waals surface area contributed by atoms with Crippen molar-refractivity contribution in [1.82, 2.24) is 9.88 Å². The largest absolute Gasteiger partial charge is 0.348 e. The number of hydrogen-bond donors (Lipinski definition) is 0. The molecule has 6 nitrogen and oxygen atoms in total. The second-order valence-electron chi connectivity index (χ2n) is 3.97. The van der Waals surface area contributed by atoms with Crippen LogP contribution >= 0.6 is 23.1 Å². The summed E-state index contributed by atoms with van der Waals surface area (Å²) in [6.45, 7) is 0. The van der Waals surface area contributed by atoms with Crippen LogP contribution in [-0.4, -0.2) is 40.6 Å². The zero-order valence-corrected chi connectivity index (χ0v) is 12.0. The minimum absolute atomic E-state index is 0.00948. The fourth-order valence-corrected chi connectivity index (χ4v) is 3.40. The maximum absolute atomic E-state index is 11.5. The van der Waals surface area contributed by atoms with Crippen molar-refractivity contribution >= 4 is 44.9 Å². The molecule has 1 heterocycles. The number of benzene rings is 1. The predicted molar refractivity (Wildman–Crippen MR) is 75.7 cm³/mol. The van der Waals surface area contributed by atoms with Crippen molar-refractivity contribution in [1.29, 1.82) is 0 Å². The lowest BCUT2D eigenvalue weighted by molar-refractivity contribution is -0.384. The lowest BCUT2D eigenvalue weighted by atomic mass is 10.3. The van der Waals surface area contributed by atoms with E-state index in [0.29, 0.717) is 5.75 Å². The van der Waals surface area contributed by atoms with Gasteiger partial charge in [-0.1, -0.05) is 11.8 Å². The first-order chi connectivity index (χ1) is 8.97. The summed E-state index contributed by atoms with van der Waals surface area (Å²) in [5, 5.41) is 10.7. The molecule has 8 heteroatoms. The molecule has 2 rings (SSSR count). The van der Waals surface area contributed by atoms with Crippen LogP contribution in [0.5, 0.6) is 0 Å². The Morgan fingerprint density at radius 2 is 2.26 bits per heavy atom. The third-order valence-electron chi connectivity index (χ3n) is 2.38. The summed E-state index contributed by atoms with van der Waals surface area (Å²) in [7, 11) is 3.40. The van der Waals surface area contributed by atoms with Gasteiger partial charge in [-0.25, -0.2) is 4.98 Å². The molecule has 0 aliphatic heterocycles. The van der Waals surface area contributed by atoms with Gasteiger partial charge in [-0.15, -0.1) is 11.3 Å². The van der Waals surface area contributed by atoms with Crippen LogP contribution in [0.1, 0.15) is 0 Å². The molecule has 1 aromatic heterocycles. The summed E-state index contributed by atoms with van der Waals surface area (Å²) in [6, 6.07) is 4.56. The van der Waals surface area contributed by atoms with E-state index in [4.69, 9.17) is 0 Å². The average molecular weight is 297 g/mol. The van der Waals surface area contributed by atoms with Crippen LogP contribution in [0.15, 0.2) is 22.5 Å². The minimum atomic E-state index is -0.429. The number of amides is 1. The molecule has 0 unspecified atom stereocenters.